The van der Waals surface area contributed by atoms with E-state index in [9.17, 15) is 0 Å². The van der Waals surface area contributed by atoms with Crippen LogP contribution >= 0.6 is 15.9 Å². The van der Waals surface area contributed by atoms with Crippen molar-refractivity contribution in [1.29, 1.82) is 0 Å². The lowest BCUT2D eigenvalue weighted by Crippen LogP contribution is -2.10. The minimum atomic E-state index is 0.552. The Bertz CT molecular complexity index is 298. The Kier molecular flexibility index (Phi) is 4.57. The lowest BCUT2D eigenvalue weighted by molar-refractivity contribution is 0.121. The first-order valence-corrected chi connectivity index (χ1v) is 5.49. The number of hydrogen-bond acceptors (Lipinski definition) is 3. The van der Waals surface area contributed by atoms with E-state index in [1.54, 1.807) is 0 Å². The maximum atomic E-state index is 5.39. The predicted octanol–water partition coefficient (Wildman–Crippen LogP) is 1.45. The predicted molar refractivity (Wildman–Crippen MR) is 59.0 cm³/mol. The average molecular weight is 262 g/mol. The van der Waals surface area contributed by atoms with Gasteiger partial charge in [-0.15, -0.1) is 0 Å². The van der Waals surface area contributed by atoms with Gasteiger partial charge in [0.25, 0.3) is 0 Å². The number of nitrogens with two attached hydrogens (primary N) is 1. The first kappa shape index (κ1) is 11.7. The molecule has 0 aliphatic carbocycles. The minimum absolute atomic E-state index is 0.552. The molecule has 0 fully saturated rings. The maximum Gasteiger partial charge on any atom is 0.0897 e. The van der Waals surface area contributed by atoms with Gasteiger partial charge in [-0.05, 0) is 29.8 Å². The molecule has 5 heteroatoms. The second kappa shape index (κ2) is 5.48. The van der Waals surface area contributed by atoms with Crippen LogP contribution in [0.1, 0.15) is 18.3 Å². The van der Waals surface area contributed by atoms with Gasteiger partial charge in [-0.1, -0.05) is 0 Å². The topological polar surface area (TPSA) is 53.1 Å². The second-order valence-electron chi connectivity index (χ2n) is 3.00. The quantitative estimate of drug-likeness (QED) is 0.817. The Labute approximate surface area is 92.5 Å². The van der Waals surface area contributed by atoms with Gasteiger partial charge in [0.15, 0.2) is 0 Å². The molecule has 0 bridgehead atoms. The molecule has 80 valence electrons. The molecule has 1 aromatic heterocycles. The molecule has 0 aromatic carbocycles. The van der Waals surface area contributed by atoms with Crippen molar-refractivity contribution >= 4 is 15.9 Å². The molecule has 1 rings (SSSR count). The van der Waals surface area contributed by atoms with Gasteiger partial charge in [0, 0.05) is 13.1 Å². The van der Waals surface area contributed by atoms with Crippen LogP contribution in [0.25, 0.3) is 0 Å². The summed E-state index contributed by atoms with van der Waals surface area (Å²) in [6, 6.07) is 0. The Morgan fingerprint density at radius 3 is 2.86 bits per heavy atom. The summed E-state index contributed by atoms with van der Waals surface area (Å²) in [5, 5.41) is 4.37. The van der Waals surface area contributed by atoms with Gasteiger partial charge in [-0.2, -0.15) is 5.10 Å². The summed E-state index contributed by atoms with van der Waals surface area (Å²) < 4.78 is 8.37. The fraction of sp³-hybridized carbons (Fsp3) is 0.667. The highest BCUT2D eigenvalue weighted by molar-refractivity contribution is 9.10. The zero-order valence-electron chi connectivity index (χ0n) is 8.59. The van der Waals surface area contributed by atoms with Crippen LogP contribution in [0.15, 0.2) is 4.47 Å². The maximum absolute atomic E-state index is 5.39. The van der Waals surface area contributed by atoms with Crippen LogP contribution in [-0.2, 0) is 17.9 Å². The summed E-state index contributed by atoms with van der Waals surface area (Å²) in [5.41, 5.74) is 7.43. The summed E-state index contributed by atoms with van der Waals surface area (Å²) in [6.45, 7) is 6.59. The number of aryl methyl sites for hydroxylation is 2. The molecule has 0 amide bonds. The first-order chi connectivity index (χ1) is 6.70. The summed E-state index contributed by atoms with van der Waals surface area (Å²) in [7, 11) is 0. The Balaban J connectivity index is 2.72. The van der Waals surface area contributed by atoms with Gasteiger partial charge in [-0.25, -0.2) is 0 Å². The summed E-state index contributed by atoms with van der Waals surface area (Å²) in [5.74, 6) is 0. The molecule has 0 aliphatic rings. The van der Waals surface area contributed by atoms with Crippen molar-refractivity contribution in [3.8, 4) is 0 Å². The van der Waals surface area contributed by atoms with E-state index in [2.05, 4.69) is 28.0 Å². The van der Waals surface area contributed by atoms with Crippen LogP contribution in [-0.4, -0.2) is 22.9 Å². The van der Waals surface area contributed by atoms with Gasteiger partial charge in [0.05, 0.1) is 29.1 Å². The van der Waals surface area contributed by atoms with Gasteiger partial charge in [0.1, 0.15) is 0 Å². The molecule has 0 unspecified atom stereocenters. The standard InChI is InChI=1S/C9H16BrN3O/c1-3-13-8(6-14-5-4-11)9(10)7(2)12-13/h3-6,11H2,1-2H3. The highest BCUT2D eigenvalue weighted by Gasteiger charge is 2.11. The Morgan fingerprint density at radius 2 is 2.29 bits per heavy atom. The van der Waals surface area contributed by atoms with E-state index in [1.807, 2.05) is 11.6 Å². The van der Waals surface area contributed by atoms with E-state index in [1.165, 1.54) is 0 Å². The summed E-state index contributed by atoms with van der Waals surface area (Å²) >= 11 is 3.50. The van der Waals surface area contributed by atoms with Crippen molar-refractivity contribution in [1.82, 2.24) is 9.78 Å². The smallest absolute Gasteiger partial charge is 0.0897 e. The molecule has 0 saturated heterocycles. The Hall–Kier alpha value is -0.390. The second-order valence-corrected chi connectivity index (χ2v) is 3.80. The third kappa shape index (κ3) is 2.56. The van der Waals surface area contributed by atoms with E-state index >= 15 is 0 Å². The molecule has 0 spiro atoms. The van der Waals surface area contributed by atoms with Crippen LogP contribution in [0.2, 0.25) is 0 Å². The van der Waals surface area contributed by atoms with E-state index in [0.29, 0.717) is 19.8 Å². The van der Waals surface area contributed by atoms with E-state index in [-0.39, 0.29) is 0 Å². The average Bonchev–Trinajstić information content (AvgIpc) is 2.45. The molecule has 0 saturated carbocycles. The number of aromatic nitrogens is 2. The van der Waals surface area contributed by atoms with Crippen LogP contribution in [0.4, 0.5) is 0 Å². The molecule has 1 aromatic rings. The molecule has 14 heavy (non-hydrogen) atoms. The van der Waals surface area contributed by atoms with Crippen molar-refractivity contribution in [2.75, 3.05) is 13.2 Å². The lowest BCUT2D eigenvalue weighted by Gasteiger charge is -2.05. The van der Waals surface area contributed by atoms with Gasteiger partial charge < -0.3 is 10.5 Å². The van der Waals surface area contributed by atoms with Crippen molar-refractivity contribution in [2.24, 2.45) is 5.73 Å². The molecule has 0 aliphatic heterocycles. The van der Waals surface area contributed by atoms with E-state index in [4.69, 9.17) is 10.5 Å². The van der Waals surface area contributed by atoms with Crippen molar-refractivity contribution in [2.45, 2.75) is 27.0 Å². The van der Waals surface area contributed by atoms with Gasteiger partial charge in [-0.3, -0.25) is 4.68 Å². The number of ether oxygens (including phenoxy) is 1. The third-order valence-corrected chi connectivity index (χ3v) is 2.99. The van der Waals surface area contributed by atoms with Gasteiger partial charge in [0.2, 0.25) is 0 Å². The fourth-order valence-corrected chi connectivity index (χ4v) is 1.66. The van der Waals surface area contributed by atoms with Crippen LogP contribution in [0.3, 0.4) is 0 Å². The highest BCUT2D eigenvalue weighted by Crippen LogP contribution is 2.21. The molecular weight excluding hydrogens is 246 g/mol. The number of nitrogens with zero attached hydrogens (tertiary/aromatic N) is 2. The Morgan fingerprint density at radius 1 is 1.57 bits per heavy atom. The molecule has 4 nitrogen and oxygen atoms in total. The largest absolute Gasteiger partial charge is 0.374 e. The zero-order chi connectivity index (χ0) is 10.6. The molecule has 1 heterocycles. The fourth-order valence-electron chi connectivity index (χ4n) is 1.26. The molecule has 0 atom stereocenters. The van der Waals surface area contributed by atoms with Crippen molar-refractivity contribution < 1.29 is 4.74 Å². The number of hydrogen-bond donors (Lipinski definition) is 1. The van der Waals surface area contributed by atoms with E-state index < -0.39 is 0 Å². The molecule has 0 radical (unpaired) electrons. The van der Waals surface area contributed by atoms with Gasteiger partial charge >= 0.3 is 0 Å². The normalized spacial score (nSPS) is 10.9. The monoisotopic (exact) mass is 261 g/mol. The van der Waals surface area contributed by atoms with Crippen LogP contribution < -0.4 is 5.73 Å². The highest BCUT2D eigenvalue weighted by atomic mass is 79.9. The lowest BCUT2D eigenvalue weighted by atomic mass is 10.4. The van der Waals surface area contributed by atoms with E-state index in [0.717, 1.165) is 22.4 Å². The minimum Gasteiger partial charge on any atom is -0.374 e. The zero-order valence-corrected chi connectivity index (χ0v) is 10.2. The molecule has 2 N–H and O–H groups in total. The molecular formula is C9H16BrN3O. The summed E-state index contributed by atoms with van der Waals surface area (Å²) in [6.07, 6.45) is 0. The van der Waals surface area contributed by atoms with Crippen LogP contribution in [0.5, 0.6) is 0 Å². The third-order valence-electron chi connectivity index (χ3n) is 1.95. The van der Waals surface area contributed by atoms with Crippen LogP contribution in [0, 0.1) is 6.92 Å². The van der Waals surface area contributed by atoms with Crippen molar-refractivity contribution in [3.05, 3.63) is 15.9 Å². The number of halogens is 1. The number of rotatable bonds is 5. The summed E-state index contributed by atoms with van der Waals surface area (Å²) in [4.78, 5) is 0. The SMILES string of the molecule is CCn1nc(C)c(Br)c1COCCN. The first-order valence-electron chi connectivity index (χ1n) is 4.70. The van der Waals surface area contributed by atoms with Crippen molar-refractivity contribution in [3.63, 3.8) is 0 Å².